The molecule has 0 N–H and O–H groups in total. The number of hydrogen-bond donors (Lipinski definition) is 0. The van der Waals surface area contributed by atoms with Crippen molar-refractivity contribution < 1.29 is 27.9 Å². The van der Waals surface area contributed by atoms with Crippen molar-refractivity contribution in [2.24, 2.45) is 0 Å². The summed E-state index contributed by atoms with van der Waals surface area (Å²) >= 11 is 2.89. The van der Waals surface area contributed by atoms with Gasteiger partial charge in [-0.1, -0.05) is 0 Å². The second-order valence-electron chi connectivity index (χ2n) is 4.13. The van der Waals surface area contributed by atoms with Gasteiger partial charge >= 0.3 is 18.6 Å². The van der Waals surface area contributed by atoms with Crippen LogP contribution in [0, 0.1) is 21.7 Å². The van der Waals surface area contributed by atoms with Crippen molar-refractivity contribution in [3.8, 4) is 5.75 Å². The second kappa shape index (κ2) is 7.35. The molecule has 0 saturated heterocycles. The Balaban J connectivity index is 3.00. The number of methoxy groups -OCH3 is 1. The zero-order chi connectivity index (χ0) is 16.2. The summed E-state index contributed by atoms with van der Waals surface area (Å²) in [5, 5.41) is 10.9. The molecule has 0 unspecified atom stereocenters. The normalized spacial score (nSPS) is 10.1. The van der Waals surface area contributed by atoms with Crippen LogP contribution < -0.4 is 4.65 Å². The lowest BCUT2D eigenvalue weighted by Crippen LogP contribution is -2.20. The molecule has 21 heavy (non-hydrogen) atoms. The van der Waals surface area contributed by atoms with Crippen molar-refractivity contribution >= 4 is 34.5 Å². The Morgan fingerprint density at radius 2 is 2.14 bits per heavy atom. The zero-order valence-corrected chi connectivity index (χ0v) is 12.8. The lowest BCUT2D eigenvalue weighted by molar-refractivity contribution is -0.388. The van der Waals surface area contributed by atoms with Gasteiger partial charge in [-0.05, 0) is 35.1 Å². The third-order valence-electron chi connectivity index (χ3n) is 2.59. The molecule has 10 heteroatoms. The molecule has 0 amide bonds. The summed E-state index contributed by atoms with van der Waals surface area (Å²) in [5.41, 5.74) is -1.09. The van der Waals surface area contributed by atoms with Gasteiger partial charge in [0.25, 0.3) is 0 Å². The molecule has 0 aliphatic carbocycles. The van der Waals surface area contributed by atoms with E-state index in [-0.39, 0.29) is 17.2 Å². The van der Waals surface area contributed by atoms with Crippen LogP contribution in [0.5, 0.6) is 5.75 Å². The number of esters is 1. The van der Waals surface area contributed by atoms with Crippen LogP contribution in [0.2, 0.25) is 13.1 Å². The first kappa shape index (κ1) is 17.3. The van der Waals surface area contributed by atoms with Gasteiger partial charge in [0, 0.05) is 6.42 Å². The molecular formula is C11H11BBrF2NO5. The van der Waals surface area contributed by atoms with Gasteiger partial charge in [0.15, 0.2) is 11.6 Å². The van der Waals surface area contributed by atoms with Crippen LogP contribution in [-0.4, -0.2) is 24.9 Å². The summed E-state index contributed by atoms with van der Waals surface area (Å²) < 4.78 is 36.3. The van der Waals surface area contributed by atoms with Crippen molar-refractivity contribution in [2.45, 2.75) is 19.6 Å². The van der Waals surface area contributed by atoms with Gasteiger partial charge in [-0.2, -0.15) is 4.39 Å². The van der Waals surface area contributed by atoms with Gasteiger partial charge in [-0.15, -0.1) is 0 Å². The first-order valence-corrected chi connectivity index (χ1v) is 6.62. The fraction of sp³-hybridized carbons (Fsp3) is 0.364. The number of nitro groups is 1. The SMILES string of the molecule is COC(=O)CCB(C)Oc1c(Br)cc(F)c(F)c1[N+](=O)[O-]. The number of carbonyl (C=O) groups excluding carboxylic acids is 1. The average Bonchev–Trinajstić information content (AvgIpc) is 2.41. The van der Waals surface area contributed by atoms with Crippen LogP contribution in [0.15, 0.2) is 10.5 Å². The van der Waals surface area contributed by atoms with E-state index in [1.807, 2.05) is 0 Å². The zero-order valence-electron chi connectivity index (χ0n) is 11.2. The second-order valence-corrected chi connectivity index (χ2v) is 4.99. The van der Waals surface area contributed by atoms with Crippen LogP contribution >= 0.6 is 15.9 Å². The topological polar surface area (TPSA) is 78.7 Å². The van der Waals surface area contributed by atoms with Crippen molar-refractivity contribution in [1.29, 1.82) is 0 Å². The maximum atomic E-state index is 13.5. The van der Waals surface area contributed by atoms with E-state index in [9.17, 15) is 23.7 Å². The molecular weight excluding hydrogens is 355 g/mol. The molecule has 6 nitrogen and oxygen atoms in total. The van der Waals surface area contributed by atoms with Crippen molar-refractivity contribution in [2.75, 3.05) is 7.11 Å². The van der Waals surface area contributed by atoms with Gasteiger partial charge in [-0.25, -0.2) is 4.39 Å². The highest BCUT2D eigenvalue weighted by Gasteiger charge is 2.30. The maximum Gasteiger partial charge on any atom is 0.355 e. The van der Waals surface area contributed by atoms with Crippen LogP contribution in [-0.2, 0) is 9.53 Å². The van der Waals surface area contributed by atoms with Gasteiger partial charge in [-0.3, -0.25) is 14.9 Å². The first-order chi connectivity index (χ1) is 9.77. The minimum atomic E-state index is -1.60. The molecule has 0 fully saturated rings. The quantitative estimate of drug-likeness (QED) is 0.254. The Labute approximate surface area is 127 Å². The highest BCUT2D eigenvalue weighted by atomic mass is 79.9. The molecule has 0 aromatic heterocycles. The molecule has 1 rings (SSSR count). The van der Waals surface area contributed by atoms with E-state index in [0.717, 1.165) is 6.07 Å². The summed E-state index contributed by atoms with van der Waals surface area (Å²) in [5.74, 6) is -3.85. The molecule has 1 aromatic carbocycles. The predicted molar refractivity (Wildman–Crippen MR) is 74.4 cm³/mol. The smallest absolute Gasteiger partial charge is 0.355 e. The van der Waals surface area contributed by atoms with E-state index in [2.05, 4.69) is 20.7 Å². The summed E-state index contributed by atoms with van der Waals surface area (Å²) in [4.78, 5) is 20.8. The van der Waals surface area contributed by atoms with Gasteiger partial charge in [0.2, 0.25) is 5.82 Å². The molecule has 114 valence electrons. The molecule has 0 atom stereocenters. The molecule has 0 radical (unpaired) electrons. The Hall–Kier alpha value is -1.71. The van der Waals surface area contributed by atoms with E-state index >= 15 is 0 Å². The number of nitrogens with zero attached hydrogens (tertiary/aromatic N) is 1. The van der Waals surface area contributed by atoms with Crippen molar-refractivity contribution in [3.63, 3.8) is 0 Å². The molecule has 0 aliphatic rings. The summed E-state index contributed by atoms with van der Waals surface area (Å²) in [6, 6.07) is 0.741. The Bertz CT molecular complexity index is 572. The fourth-order valence-corrected chi connectivity index (χ4v) is 2.01. The number of ether oxygens (including phenoxy) is 1. The maximum absolute atomic E-state index is 13.5. The highest BCUT2D eigenvalue weighted by molar-refractivity contribution is 9.10. The Kier molecular flexibility index (Phi) is 6.07. The van der Waals surface area contributed by atoms with Gasteiger partial charge in [0.1, 0.15) is 0 Å². The average molecular weight is 366 g/mol. The summed E-state index contributed by atoms with van der Waals surface area (Å²) in [6.45, 7) is 0.907. The monoisotopic (exact) mass is 365 g/mol. The largest absolute Gasteiger partial charge is 0.556 e. The number of hydrogen-bond acceptors (Lipinski definition) is 5. The Morgan fingerprint density at radius 3 is 2.67 bits per heavy atom. The predicted octanol–water partition coefficient (Wildman–Crippen LogP) is 3.20. The van der Waals surface area contributed by atoms with E-state index in [1.54, 1.807) is 6.82 Å². The Morgan fingerprint density at radius 1 is 1.52 bits per heavy atom. The molecule has 0 heterocycles. The lowest BCUT2D eigenvalue weighted by atomic mass is 9.66. The fourth-order valence-electron chi connectivity index (χ4n) is 1.52. The lowest BCUT2D eigenvalue weighted by Gasteiger charge is -2.13. The van der Waals surface area contributed by atoms with Crippen LogP contribution in [0.4, 0.5) is 14.5 Å². The first-order valence-electron chi connectivity index (χ1n) is 5.83. The third-order valence-corrected chi connectivity index (χ3v) is 3.18. The van der Waals surface area contributed by atoms with E-state index < -0.39 is 40.9 Å². The number of nitro benzene ring substituents is 1. The molecule has 0 aliphatic heterocycles. The highest BCUT2D eigenvalue weighted by Crippen LogP contribution is 2.39. The third kappa shape index (κ3) is 4.38. The van der Waals surface area contributed by atoms with Gasteiger partial charge < -0.3 is 9.39 Å². The minimum Gasteiger partial charge on any atom is -0.556 e. The number of rotatable bonds is 6. The number of benzene rings is 1. The van der Waals surface area contributed by atoms with Crippen LogP contribution in [0.25, 0.3) is 0 Å². The number of carbonyl (C=O) groups is 1. The number of halogens is 3. The van der Waals surface area contributed by atoms with E-state index in [4.69, 9.17) is 4.65 Å². The molecule has 1 aromatic rings. The summed E-state index contributed by atoms with van der Waals surface area (Å²) in [6.07, 6.45) is 0.238. The van der Waals surface area contributed by atoms with E-state index in [0.29, 0.717) is 0 Å². The van der Waals surface area contributed by atoms with Crippen LogP contribution in [0.3, 0.4) is 0 Å². The van der Waals surface area contributed by atoms with Crippen molar-refractivity contribution in [3.05, 3.63) is 32.3 Å². The molecule has 0 spiro atoms. The van der Waals surface area contributed by atoms with Crippen molar-refractivity contribution in [1.82, 2.24) is 0 Å². The standard InChI is InChI=1S/C11H11BBrF2NO5/c1-12(4-3-8(17)20-2)21-11-6(13)5-7(14)9(15)10(11)16(18)19/h5H,3-4H2,1-2H3. The molecule has 0 saturated carbocycles. The summed E-state index contributed by atoms with van der Waals surface area (Å²) in [7, 11) is 1.23. The van der Waals surface area contributed by atoms with E-state index in [1.165, 1.54) is 7.11 Å². The minimum absolute atomic E-state index is 0.0345. The molecule has 0 bridgehead atoms. The van der Waals surface area contributed by atoms with Crippen LogP contribution in [0.1, 0.15) is 6.42 Å². The van der Waals surface area contributed by atoms with Gasteiger partial charge in [0.05, 0.1) is 16.5 Å².